The lowest BCUT2D eigenvalue weighted by atomic mass is 10.1. The molecule has 2 aliphatic heterocycles. The minimum absolute atomic E-state index is 0.545. The van der Waals surface area contributed by atoms with E-state index in [1.54, 1.807) is 7.11 Å². The number of ether oxygens (including phenoxy) is 1. The fourth-order valence-corrected chi connectivity index (χ4v) is 3.25. The van der Waals surface area contributed by atoms with Gasteiger partial charge in [-0.15, -0.1) is 0 Å². The van der Waals surface area contributed by atoms with Gasteiger partial charge in [-0.2, -0.15) is 0 Å². The molecular weight excluding hydrogens is 226 g/mol. The Bertz CT molecular complexity index is 435. The average molecular weight is 247 g/mol. The third kappa shape index (κ3) is 2.01. The highest BCUT2D eigenvalue weighted by Gasteiger charge is 2.37. The SMILES string of the molecule is COc1ccc(NC2CCN3CCCC23)c(N)c1. The van der Waals surface area contributed by atoms with Crippen molar-refractivity contribution < 1.29 is 4.74 Å². The Labute approximate surface area is 108 Å². The summed E-state index contributed by atoms with van der Waals surface area (Å²) in [6.45, 7) is 2.49. The van der Waals surface area contributed by atoms with Gasteiger partial charge in [-0.1, -0.05) is 0 Å². The number of hydrogen-bond donors (Lipinski definition) is 2. The monoisotopic (exact) mass is 247 g/mol. The molecule has 0 bridgehead atoms. The van der Waals surface area contributed by atoms with Gasteiger partial charge in [0.15, 0.2) is 0 Å². The zero-order chi connectivity index (χ0) is 12.5. The van der Waals surface area contributed by atoms with E-state index in [4.69, 9.17) is 10.5 Å². The Morgan fingerprint density at radius 3 is 3.00 bits per heavy atom. The predicted molar refractivity (Wildman–Crippen MR) is 74.0 cm³/mol. The van der Waals surface area contributed by atoms with Crippen LogP contribution < -0.4 is 15.8 Å². The number of benzene rings is 1. The molecule has 2 aliphatic rings. The molecule has 2 atom stereocenters. The molecule has 0 amide bonds. The fraction of sp³-hybridized carbons (Fsp3) is 0.571. The Morgan fingerprint density at radius 2 is 2.22 bits per heavy atom. The molecule has 1 aromatic rings. The van der Waals surface area contributed by atoms with E-state index in [0.717, 1.165) is 17.1 Å². The Hall–Kier alpha value is -1.42. The van der Waals surface area contributed by atoms with Gasteiger partial charge in [0.1, 0.15) is 5.75 Å². The molecule has 0 aliphatic carbocycles. The maximum Gasteiger partial charge on any atom is 0.121 e. The Kier molecular flexibility index (Phi) is 3.04. The summed E-state index contributed by atoms with van der Waals surface area (Å²) in [5, 5.41) is 3.61. The van der Waals surface area contributed by atoms with Crippen molar-refractivity contribution in [1.82, 2.24) is 4.90 Å². The van der Waals surface area contributed by atoms with Crippen molar-refractivity contribution in [1.29, 1.82) is 0 Å². The summed E-state index contributed by atoms with van der Waals surface area (Å²) in [4.78, 5) is 2.59. The minimum atomic E-state index is 0.545. The van der Waals surface area contributed by atoms with Crippen LogP contribution >= 0.6 is 0 Å². The van der Waals surface area contributed by atoms with E-state index in [-0.39, 0.29) is 0 Å². The van der Waals surface area contributed by atoms with Crippen molar-refractivity contribution in [3.63, 3.8) is 0 Å². The standard InChI is InChI=1S/C14H21N3O/c1-18-10-4-5-12(11(15)9-10)16-13-6-8-17-7-2-3-14(13)17/h4-5,9,13-14,16H,2-3,6-8,15H2,1H3. The molecule has 3 N–H and O–H groups in total. The van der Waals surface area contributed by atoms with Crippen LogP contribution in [0.1, 0.15) is 19.3 Å². The average Bonchev–Trinajstić information content (AvgIpc) is 2.96. The number of nitrogens with one attached hydrogen (secondary N) is 1. The number of nitrogens with two attached hydrogens (primary N) is 1. The number of rotatable bonds is 3. The van der Waals surface area contributed by atoms with Gasteiger partial charge in [-0.3, -0.25) is 4.90 Å². The Morgan fingerprint density at radius 1 is 1.33 bits per heavy atom. The predicted octanol–water partition coefficient (Wildman–Crippen LogP) is 1.93. The van der Waals surface area contributed by atoms with E-state index in [1.165, 1.54) is 32.4 Å². The highest BCUT2D eigenvalue weighted by atomic mass is 16.5. The van der Waals surface area contributed by atoms with Crippen LogP contribution in [-0.4, -0.2) is 37.2 Å². The summed E-state index contributed by atoms with van der Waals surface area (Å²) in [6, 6.07) is 7.10. The largest absolute Gasteiger partial charge is 0.497 e. The van der Waals surface area contributed by atoms with Gasteiger partial charge in [0, 0.05) is 24.7 Å². The van der Waals surface area contributed by atoms with Crippen molar-refractivity contribution in [3.05, 3.63) is 18.2 Å². The maximum atomic E-state index is 6.06. The summed E-state index contributed by atoms with van der Waals surface area (Å²) in [6.07, 6.45) is 3.87. The minimum Gasteiger partial charge on any atom is -0.497 e. The van der Waals surface area contributed by atoms with Gasteiger partial charge in [0.05, 0.1) is 18.5 Å². The molecule has 0 saturated carbocycles. The third-order valence-electron chi connectivity index (χ3n) is 4.21. The summed E-state index contributed by atoms with van der Waals surface area (Å²) in [5.74, 6) is 0.812. The molecule has 3 rings (SSSR count). The van der Waals surface area contributed by atoms with E-state index in [1.807, 2.05) is 18.2 Å². The van der Waals surface area contributed by atoms with E-state index in [9.17, 15) is 0 Å². The van der Waals surface area contributed by atoms with Crippen LogP contribution in [0.25, 0.3) is 0 Å². The molecule has 98 valence electrons. The molecule has 0 aromatic heterocycles. The van der Waals surface area contributed by atoms with Crippen LogP contribution in [0, 0.1) is 0 Å². The summed E-state index contributed by atoms with van der Waals surface area (Å²) in [5.41, 5.74) is 7.86. The number of hydrogen-bond acceptors (Lipinski definition) is 4. The quantitative estimate of drug-likeness (QED) is 0.801. The second-order valence-electron chi connectivity index (χ2n) is 5.24. The lowest BCUT2D eigenvalue weighted by molar-refractivity contribution is 0.318. The highest BCUT2D eigenvalue weighted by Crippen LogP contribution is 2.32. The molecule has 2 saturated heterocycles. The Balaban J connectivity index is 1.72. The first kappa shape index (κ1) is 11.7. The van der Waals surface area contributed by atoms with Crippen LogP contribution in [-0.2, 0) is 0 Å². The molecule has 2 heterocycles. The van der Waals surface area contributed by atoms with Crippen LogP contribution in [0.15, 0.2) is 18.2 Å². The first-order valence-electron chi connectivity index (χ1n) is 6.72. The van der Waals surface area contributed by atoms with Gasteiger partial charge < -0.3 is 15.8 Å². The second kappa shape index (κ2) is 4.69. The summed E-state index contributed by atoms with van der Waals surface area (Å²) < 4.78 is 5.17. The lowest BCUT2D eigenvalue weighted by Gasteiger charge is -2.23. The fourth-order valence-electron chi connectivity index (χ4n) is 3.25. The summed E-state index contributed by atoms with van der Waals surface area (Å²) in [7, 11) is 1.66. The van der Waals surface area contributed by atoms with Crippen molar-refractivity contribution in [2.75, 3.05) is 31.2 Å². The topological polar surface area (TPSA) is 50.5 Å². The van der Waals surface area contributed by atoms with E-state index in [0.29, 0.717) is 12.1 Å². The number of nitrogens with zero attached hydrogens (tertiary/aromatic N) is 1. The highest BCUT2D eigenvalue weighted by molar-refractivity contribution is 5.68. The number of anilines is 2. The molecule has 0 spiro atoms. The molecule has 2 fully saturated rings. The van der Waals surface area contributed by atoms with Crippen molar-refractivity contribution in [3.8, 4) is 5.75 Å². The normalized spacial score (nSPS) is 27.2. The van der Waals surface area contributed by atoms with Gasteiger partial charge >= 0.3 is 0 Å². The molecule has 1 aromatic carbocycles. The number of methoxy groups -OCH3 is 1. The zero-order valence-corrected chi connectivity index (χ0v) is 10.9. The van der Waals surface area contributed by atoms with Gasteiger partial charge in [0.25, 0.3) is 0 Å². The molecule has 0 radical (unpaired) electrons. The third-order valence-corrected chi connectivity index (χ3v) is 4.21. The first-order valence-corrected chi connectivity index (χ1v) is 6.72. The lowest BCUT2D eigenvalue weighted by Crippen LogP contribution is -2.33. The second-order valence-corrected chi connectivity index (χ2v) is 5.24. The van der Waals surface area contributed by atoms with Gasteiger partial charge in [-0.05, 0) is 37.9 Å². The van der Waals surface area contributed by atoms with E-state index in [2.05, 4.69) is 10.2 Å². The first-order chi connectivity index (χ1) is 8.78. The molecule has 4 heteroatoms. The zero-order valence-electron chi connectivity index (χ0n) is 10.9. The van der Waals surface area contributed by atoms with E-state index >= 15 is 0 Å². The van der Waals surface area contributed by atoms with E-state index < -0.39 is 0 Å². The number of fused-ring (bicyclic) bond motifs is 1. The van der Waals surface area contributed by atoms with Crippen molar-refractivity contribution in [2.45, 2.75) is 31.3 Å². The molecule has 4 nitrogen and oxygen atoms in total. The molecular formula is C14H21N3O. The van der Waals surface area contributed by atoms with Crippen LogP contribution in [0.4, 0.5) is 11.4 Å². The van der Waals surface area contributed by atoms with Gasteiger partial charge in [0.2, 0.25) is 0 Å². The van der Waals surface area contributed by atoms with Crippen LogP contribution in [0.2, 0.25) is 0 Å². The van der Waals surface area contributed by atoms with Gasteiger partial charge in [-0.25, -0.2) is 0 Å². The number of nitrogen functional groups attached to an aromatic ring is 1. The smallest absolute Gasteiger partial charge is 0.121 e. The summed E-state index contributed by atoms with van der Waals surface area (Å²) >= 11 is 0. The van der Waals surface area contributed by atoms with Crippen LogP contribution in [0.3, 0.4) is 0 Å². The van der Waals surface area contributed by atoms with Crippen LogP contribution in [0.5, 0.6) is 5.75 Å². The maximum absolute atomic E-state index is 6.06. The molecule has 18 heavy (non-hydrogen) atoms. The van der Waals surface area contributed by atoms with Crippen molar-refractivity contribution >= 4 is 11.4 Å². The molecule has 2 unspecified atom stereocenters. The van der Waals surface area contributed by atoms with Crippen molar-refractivity contribution in [2.24, 2.45) is 0 Å².